The molecule has 1 aliphatic rings. The van der Waals surface area contributed by atoms with Gasteiger partial charge in [-0.25, -0.2) is 9.97 Å². The molecule has 4 heteroatoms. The minimum Gasteiger partial charge on any atom is -0.350 e. The van der Waals surface area contributed by atoms with Gasteiger partial charge < -0.3 is 5.32 Å². The zero-order chi connectivity index (χ0) is 16.4. The molecule has 1 fully saturated rings. The number of fused-ring (bicyclic) bond motifs is 1. The minimum absolute atomic E-state index is 0.423. The fraction of sp³-hybridized carbons (Fsp3) is 0.300. The van der Waals surface area contributed by atoms with E-state index in [-0.39, 0.29) is 0 Å². The molecule has 2 aromatic carbocycles. The fourth-order valence-electron chi connectivity index (χ4n) is 3.39. The van der Waals surface area contributed by atoms with E-state index in [1.807, 2.05) is 19.2 Å². The van der Waals surface area contributed by atoms with Crippen molar-refractivity contribution in [3.63, 3.8) is 0 Å². The van der Waals surface area contributed by atoms with Crippen molar-refractivity contribution in [2.45, 2.75) is 25.9 Å². The molecule has 24 heavy (non-hydrogen) atoms. The molecule has 0 bridgehead atoms. The average Bonchev–Trinajstić information content (AvgIpc) is 3.02. The molecule has 1 unspecified atom stereocenters. The van der Waals surface area contributed by atoms with E-state index in [0.29, 0.717) is 6.04 Å². The molecule has 0 aliphatic carbocycles. The predicted octanol–water partition coefficient (Wildman–Crippen LogP) is 3.62. The van der Waals surface area contributed by atoms with Gasteiger partial charge in [0.2, 0.25) is 5.95 Å². The monoisotopic (exact) mass is 318 g/mol. The van der Waals surface area contributed by atoms with Crippen LogP contribution in [0.3, 0.4) is 0 Å². The number of nitrogens with one attached hydrogen (secondary N) is 1. The highest BCUT2D eigenvalue weighted by Gasteiger charge is 2.23. The molecule has 1 aromatic heterocycles. The summed E-state index contributed by atoms with van der Waals surface area (Å²) in [6.45, 7) is 5.13. The Balaban J connectivity index is 1.39. The van der Waals surface area contributed by atoms with E-state index >= 15 is 0 Å². The number of aryl methyl sites for hydroxylation is 1. The number of nitrogens with zero attached hydrogens (tertiary/aromatic N) is 3. The lowest BCUT2D eigenvalue weighted by Crippen LogP contribution is -2.26. The van der Waals surface area contributed by atoms with Gasteiger partial charge in [0.1, 0.15) is 0 Å². The Morgan fingerprint density at radius 2 is 2.00 bits per heavy atom. The summed E-state index contributed by atoms with van der Waals surface area (Å²) in [4.78, 5) is 11.2. The molecule has 1 N–H and O–H groups in total. The smallest absolute Gasteiger partial charge is 0.223 e. The van der Waals surface area contributed by atoms with Crippen molar-refractivity contribution in [3.8, 4) is 0 Å². The SMILES string of the molecule is Cc1ccnc(NC2CCN(Cc3ccc4ccccc4c3)C2)n1. The Hall–Kier alpha value is -2.46. The van der Waals surface area contributed by atoms with E-state index in [2.05, 4.69) is 62.6 Å². The topological polar surface area (TPSA) is 41.1 Å². The first-order valence-corrected chi connectivity index (χ1v) is 8.52. The zero-order valence-electron chi connectivity index (χ0n) is 13.9. The highest BCUT2D eigenvalue weighted by Crippen LogP contribution is 2.20. The van der Waals surface area contributed by atoms with E-state index in [1.165, 1.54) is 16.3 Å². The maximum Gasteiger partial charge on any atom is 0.223 e. The third-order valence-corrected chi connectivity index (χ3v) is 4.62. The van der Waals surface area contributed by atoms with Crippen LogP contribution in [-0.4, -0.2) is 34.0 Å². The number of aromatic nitrogens is 2. The van der Waals surface area contributed by atoms with E-state index in [1.54, 1.807) is 0 Å². The molecule has 3 aromatic rings. The van der Waals surface area contributed by atoms with Crippen LogP contribution in [0.25, 0.3) is 10.8 Å². The summed E-state index contributed by atoms with van der Waals surface area (Å²) in [7, 11) is 0. The third kappa shape index (κ3) is 3.39. The zero-order valence-corrected chi connectivity index (χ0v) is 13.9. The van der Waals surface area contributed by atoms with Gasteiger partial charge in [-0.3, -0.25) is 4.90 Å². The highest BCUT2D eigenvalue weighted by atomic mass is 15.2. The van der Waals surface area contributed by atoms with Gasteiger partial charge in [0.15, 0.2) is 0 Å². The fourth-order valence-corrected chi connectivity index (χ4v) is 3.39. The lowest BCUT2D eigenvalue weighted by molar-refractivity contribution is 0.328. The second-order valence-corrected chi connectivity index (χ2v) is 6.57. The molecule has 2 heterocycles. The Labute approximate surface area is 142 Å². The van der Waals surface area contributed by atoms with Crippen LogP contribution < -0.4 is 5.32 Å². The van der Waals surface area contributed by atoms with Crippen molar-refractivity contribution in [2.24, 2.45) is 0 Å². The summed E-state index contributed by atoms with van der Waals surface area (Å²) in [6.07, 6.45) is 2.94. The minimum atomic E-state index is 0.423. The van der Waals surface area contributed by atoms with Gasteiger partial charge in [-0.15, -0.1) is 0 Å². The maximum atomic E-state index is 4.44. The molecule has 0 radical (unpaired) electrons. The Morgan fingerprint density at radius 3 is 2.88 bits per heavy atom. The van der Waals surface area contributed by atoms with Gasteiger partial charge in [-0.2, -0.15) is 0 Å². The largest absolute Gasteiger partial charge is 0.350 e. The Morgan fingerprint density at radius 1 is 1.12 bits per heavy atom. The summed E-state index contributed by atoms with van der Waals surface area (Å²) in [5.74, 6) is 0.743. The van der Waals surface area contributed by atoms with E-state index in [0.717, 1.165) is 37.7 Å². The summed E-state index contributed by atoms with van der Waals surface area (Å²) in [5, 5.41) is 6.08. The van der Waals surface area contributed by atoms with E-state index in [9.17, 15) is 0 Å². The number of likely N-dealkylation sites (tertiary alicyclic amines) is 1. The lowest BCUT2D eigenvalue weighted by atomic mass is 10.1. The van der Waals surface area contributed by atoms with Crippen LogP contribution in [-0.2, 0) is 6.54 Å². The van der Waals surface area contributed by atoms with Crippen LogP contribution in [0.2, 0.25) is 0 Å². The van der Waals surface area contributed by atoms with Crippen molar-refractivity contribution in [1.82, 2.24) is 14.9 Å². The first kappa shape index (κ1) is 15.1. The molecule has 4 rings (SSSR count). The van der Waals surface area contributed by atoms with E-state index in [4.69, 9.17) is 0 Å². The van der Waals surface area contributed by atoms with Gasteiger partial charge in [0.25, 0.3) is 0 Å². The van der Waals surface area contributed by atoms with E-state index < -0.39 is 0 Å². The first-order valence-electron chi connectivity index (χ1n) is 8.52. The van der Waals surface area contributed by atoms with Crippen LogP contribution in [0.5, 0.6) is 0 Å². The average molecular weight is 318 g/mol. The van der Waals surface area contributed by atoms with Gasteiger partial charge in [0.05, 0.1) is 0 Å². The summed E-state index contributed by atoms with van der Waals surface area (Å²) < 4.78 is 0. The van der Waals surface area contributed by atoms with Crippen LogP contribution >= 0.6 is 0 Å². The predicted molar refractivity (Wildman–Crippen MR) is 98.0 cm³/mol. The van der Waals surface area contributed by atoms with Gasteiger partial charge in [0, 0.05) is 37.6 Å². The maximum absolute atomic E-state index is 4.44. The highest BCUT2D eigenvalue weighted by molar-refractivity contribution is 5.82. The van der Waals surface area contributed by atoms with Crippen molar-refractivity contribution in [1.29, 1.82) is 0 Å². The molecule has 1 saturated heterocycles. The number of hydrogen-bond acceptors (Lipinski definition) is 4. The van der Waals surface area contributed by atoms with Gasteiger partial charge >= 0.3 is 0 Å². The molecule has 1 atom stereocenters. The van der Waals surface area contributed by atoms with Crippen LogP contribution in [0, 0.1) is 6.92 Å². The molecule has 0 saturated carbocycles. The number of benzene rings is 2. The molecular weight excluding hydrogens is 296 g/mol. The van der Waals surface area contributed by atoms with Crippen molar-refractivity contribution >= 4 is 16.7 Å². The Kier molecular flexibility index (Phi) is 4.13. The summed E-state index contributed by atoms with van der Waals surface area (Å²) >= 11 is 0. The first-order chi connectivity index (χ1) is 11.8. The van der Waals surface area contributed by atoms with Crippen molar-refractivity contribution in [2.75, 3.05) is 18.4 Å². The van der Waals surface area contributed by atoms with Crippen LogP contribution in [0.1, 0.15) is 17.7 Å². The molecule has 1 aliphatic heterocycles. The van der Waals surface area contributed by atoms with Crippen molar-refractivity contribution in [3.05, 3.63) is 66.0 Å². The standard InChI is InChI=1S/C20H22N4/c1-15-8-10-21-20(22-15)23-19-9-11-24(14-19)13-16-6-7-17-4-2-3-5-18(17)12-16/h2-8,10,12,19H,9,11,13-14H2,1H3,(H,21,22,23). The second kappa shape index (κ2) is 6.57. The normalized spacial score (nSPS) is 18.1. The quantitative estimate of drug-likeness (QED) is 0.797. The van der Waals surface area contributed by atoms with Gasteiger partial charge in [-0.1, -0.05) is 36.4 Å². The molecule has 0 spiro atoms. The molecular formula is C20H22N4. The number of hydrogen-bond donors (Lipinski definition) is 1. The van der Waals surface area contributed by atoms with Crippen LogP contribution in [0.15, 0.2) is 54.7 Å². The lowest BCUT2D eigenvalue weighted by Gasteiger charge is -2.17. The molecule has 0 amide bonds. The molecule has 4 nitrogen and oxygen atoms in total. The van der Waals surface area contributed by atoms with Crippen LogP contribution in [0.4, 0.5) is 5.95 Å². The second-order valence-electron chi connectivity index (χ2n) is 6.57. The van der Waals surface area contributed by atoms with Crippen molar-refractivity contribution < 1.29 is 0 Å². The Bertz CT molecular complexity index is 846. The summed E-state index contributed by atoms with van der Waals surface area (Å²) in [5.41, 5.74) is 2.37. The number of rotatable bonds is 4. The summed E-state index contributed by atoms with van der Waals surface area (Å²) in [6, 6.07) is 17.6. The number of anilines is 1. The third-order valence-electron chi connectivity index (χ3n) is 4.62. The molecule has 122 valence electrons. The van der Waals surface area contributed by atoms with Gasteiger partial charge in [-0.05, 0) is 41.8 Å².